The quantitative estimate of drug-likeness (QED) is 0.761. The summed E-state index contributed by atoms with van der Waals surface area (Å²) < 4.78 is 2.13. The van der Waals surface area contributed by atoms with Gasteiger partial charge in [-0.2, -0.15) is 0 Å². The molecule has 1 aliphatic heterocycles. The summed E-state index contributed by atoms with van der Waals surface area (Å²) in [6.45, 7) is 4.26. The molecule has 0 aliphatic carbocycles. The molecular formula is C12H15N3. The zero-order valence-corrected chi connectivity index (χ0v) is 8.90. The number of pyridine rings is 1. The first-order valence-corrected chi connectivity index (χ1v) is 5.49. The third kappa shape index (κ3) is 1.43. The van der Waals surface area contributed by atoms with Gasteiger partial charge in [0, 0.05) is 24.9 Å². The molecule has 3 nitrogen and oxygen atoms in total. The average molecular weight is 201 g/mol. The SMILES string of the molecule is Cc1cn2cccc(C3CCNC3)c2n1. The molecule has 3 heterocycles. The lowest BCUT2D eigenvalue weighted by Crippen LogP contribution is -2.08. The lowest BCUT2D eigenvalue weighted by atomic mass is 10.00. The van der Waals surface area contributed by atoms with Gasteiger partial charge in [0.1, 0.15) is 5.65 Å². The topological polar surface area (TPSA) is 29.3 Å². The highest BCUT2D eigenvalue weighted by Gasteiger charge is 2.19. The van der Waals surface area contributed by atoms with E-state index in [1.54, 1.807) is 0 Å². The maximum absolute atomic E-state index is 4.59. The van der Waals surface area contributed by atoms with E-state index >= 15 is 0 Å². The summed E-state index contributed by atoms with van der Waals surface area (Å²) in [5.74, 6) is 0.635. The van der Waals surface area contributed by atoms with Crippen LogP contribution < -0.4 is 5.32 Å². The summed E-state index contributed by atoms with van der Waals surface area (Å²) in [5, 5.41) is 3.41. The van der Waals surface area contributed by atoms with Crippen LogP contribution in [0.1, 0.15) is 23.6 Å². The standard InChI is InChI=1S/C12H15N3/c1-9-8-15-6-2-3-11(12(15)14-9)10-4-5-13-7-10/h2-3,6,8,10,13H,4-5,7H2,1H3. The van der Waals surface area contributed by atoms with Crippen LogP contribution in [-0.2, 0) is 0 Å². The molecule has 0 bridgehead atoms. The van der Waals surface area contributed by atoms with Gasteiger partial charge in [-0.3, -0.25) is 0 Å². The van der Waals surface area contributed by atoms with E-state index in [1.807, 2.05) is 6.92 Å². The number of fused-ring (bicyclic) bond motifs is 1. The second-order valence-corrected chi connectivity index (χ2v) is 4.27. The van der Waals surface area contributed by atoms with E-state index in [0.717, 1.165) is 24.4 Å². The van der Waals surface area contributed by atoms with Crippen molar-refractivity contribution in [2.45, 2.75) is 19.3 Å². The van der Waals surface area contributed by atoms with E-state index < -0.39 is 0 Å². The van der Waals surface area contributed by atoms with Gasteiger partial charge in [0.2, 0.25) is 0 Å². The van der Waals surface area contributed by atoms with Crippen LogP contribution >= 0.6 is 0 Å². The molecule has 1 fully saturated rings. The van der Waals surface area contributed by atoms with Crippen LogP contribution in [-0.4, -0.2) is 22.5 Å². The van der Waals surface area contributed by atoms with E-state index in [9.17, 15) is 0 Å². The molecule has 78 valence electrons. The van der Waals surface area contributed by atoms with Gasteiger partial charge >= 0.3 is 0 Å². The van der Waals surface area contributed by atoms with Crippen LogP contribution in [0.5, 0.6) is 0 Å². The molecule has 0 saturated carbocycles. The summed E-state index contributed by atoms with van der Waals surface area (Å²) in [6, 6.07) is 4.32. The van der Waals surface area contributed by atoms with Crippen LogP contribution in [0.4, 0.5) is 0 Å². The molecule has 3 rings (SSSR count). The smallest absolute Gasteiger partial charge is 0.140 e. The van der Waals surface area contributed by atoms with Crippen molar-refractivity contribution >= 4 is 5.65 Å². The highest BCUT2D eigenvalue weighted by Crippen LogP contribution is 2.25. The molecular weight excluding hydrogens is 186 g/mol. The van der Waals surface area contributed by atoms with E-state index in [1.165, 1.54) is 12.0 Å². The van der Waals surface area contributed by atoms with Crippen molar-refractivity contribution in [2.75, 3.05) is 13.1 Å². The normalized spacial score (nSPS) is 21.3. The molecule has 1 aliphatic rings. The Morgan fingerprint density at radius 1 is 1.53 bits per heavy atom. The Labute approximate surface area is 89.1 Å². The maximum atomic E-state index is 4.59. The number of rotatable bonds is 1. The number of nitrogens with zero attached hydrogens (tertiary/aromatic N) is 2. The van der Waals surface area contributed by atoms with Gasteiger partial charge in [-0.1, -0.05) is 6.07 Å². The first-order chi connectivity index (χ1) is 7.34. The average Bonchev–Trinajstić information content (AvgIpc) is 2.82. The number of hydrogen-bond acceptors (Lipinski definition) is 2. The summed E-state index contributed by atoms with van der Waals surface area (Å²) in [5.41, 5.74) is 3.60. The van der Waals surface area contributed by atoms with Crippen molar-refractivity contribution in [2.24, 2.45) is 0 Å². The first kappa shape index (κ1) is 8.92. The maximum Gasteiger partial charge on any atom is 0.140 e. The molecule has 2 aromatic rings. The van der Waals surface area contributed by atoms with Gasteiger partial charge in [0.25, 0.3) is 0 Å². The molecule has 1 N–H and O–H groups in total. The van der Waals surface area contributed by atoms with Crippen molar-refractivity contribution in [1.29, 1.82) is 0 Å². The molecule has 1 unspecified atom stereocenters. The fraction of sp³-hybridized carbons (Fsp3) is 0.417. The predicted octanol–water partition coefficient (Wildman–Crippen LogP) is 1.72. The van der Waals surface area contributed by atoms with Gasteiger partial charge in [-0.25, -0.2) is 4.98 Å². The number of imidazole rings is 1. The van der Waals surface area contributed by atoms with Crippen molar-refractivity contribution in [3.63, 3.8) is 0 Å². The van der Waals surface area contributed by atoms with Crippen LogP contribution in [0.25, 0.3) is 5.65 Å². The Hall–Kier alpha value is -1.35. The summed E-state index contributed by atoms with van der Waals surface area (Å²) in [7, 11) is 0. The van der Waals surface area contributed by atoms with Gasteiger partial charge in [-0.05, 0) is 31.5 Å². The van der Waals surface area contributed by atoms with Gasteiger partial charge in [0.15, 0.2) is 0 Å². The highest BCUT2D eigenvalue weighted by molar-refractivity contribution is 5.51. The van der Waals surface area contributed by atoms with E-state index in [2.05, 4.69) is 39.2 Å². The fourth-order valence-corrected chi connectivity index (χ4v) is 2.40. The third-order valence-electron chi connectivity index (χ3n) is 3.13. The number of aryl methyl sites for hydroxylation is 1. The summed E-state index contributed by atoms with van der Waals surface area (Å²) in [6.07, 6.45) is 5.38. The van der Waals surface area contributed by atoms with Gasteiger partial charge in [0.05, 0.1) is 5.69 Å². The molecule has 0 spiro atoms. The van der Waals surface area contributed by atoms with Crippen molar-refractivity contribution < 1.29 is 0 Å². The van der Waals surface area contributed by atoms with Crippen LogP contribution in [0.3, 0.4) is 0 Å². The Kier molecular flexibility index (Phi) is 1.99. The van der Waals surface area contributed by atoms with Crippen molar-refractivity contribution in [1.82, 2.24) is 14.7 Å². The summed E-state index contributed by atoms with van der Waals surface area (Å²) in [4.78, 5) is 4.59. The van der Waals surface area contributed by atoms with Gasteiger partial charge < -0.3 is 9.72 Å². The Morgan fingerprint density at radius 3 is 3.27 bits per heavy atom. The Balaban J connectivity index is 2.16. The fourth-order valence-electron chi connectivity index (χ4n) is 2.40. The first-order valence-electron chi connectivity index (χ1n) is 5.49. The number of nitrogens with one attached hydrogen (secondary N) is 1. The number of hydrogen-bond donors (Lipinski definition) is 1. The zero-order chi connectivity index (χ0) is 10.3. The molecule has 0 amide bonds. The Bertz CT molecular complexity index is 481. The minimum Gasteiger partial charge on any atom is -0.316 e. The van der Waals surface area contributed by atoms with E-state index in [0.29, 0.717) is 5.92 Å². The lowest BCUT2D eigenvalue weighted by Gasteiger charge is -2.09. The van der Waals surface area contributed by atoms with Crippen molar-refractivity contribution in [3.05, 3.63) is 35.8 Å². The minimum atomic E-state index is 0.635. The second-order valence-electron chi connectivity index (χ2n) is 4.27. The molecule has 0 aromatic carbocycles. The van der Waals surface area contributed by atoms with Crippen LogP contribution in [0.15, 0.2) is 24.5 Å². The third-order valence-corrected chi connectivity index (χ3v) is 3.13. The molecule has 15 heavy (non-hydrogen) atoms. The zero-order valence-electron chi connectivity index (χ0n) is 8.90. The largest absolute Gasteiger partial charge is 0.316 e. The minimum absolute atomic E-state index is 0.635. The lowest BCUT2D eigenvalue weighted by molar-refractivity contribution is 0.763. The molecule has 0 radical (unpaired) electrons. The molecule has 2 aromatic heterocycles. The Morgan fingerprint density at radius 2 is 2.47 bits per heavy atom. The van der Waals surface area contributed by atoms with Crippen molar-refractivity contribution in [3.8, 4) is 0 Å². The second kappa shape index (κ2) is 3.35. The molecule has 1 saturated heterocycles. The van der Waals surface area contributed by atoms with Gasteiger partial charge in [-0.15, -0.1) is 0 Å². The highest BCUT2D eigenvalue weighted by atomic mass is 15.0. The van der Waals surface area contributed by atoms with Crippen LogP contribution in [0, 0.1) is 6.92 Å². The van der Waals surface area contributed by atoms with E-state index in [-0.39, 0.29) is 0 Å². The molecule has 1 atom stereocenters. The summed E-state index contributed by atoms with van der Waals surface area (Å²) >= 11 is 0. The van der Waals surface area contributed by atoms with Crippen LogP contribution in [0.2, 0.25) is 0 Å². The van der Waals surface area contributed by atoms with E-state index in [4.69, 9.17) is 0 Å². The predicted molar refractivity (Wildman–Crippen MR) is 60.2 cm³/mol. The molecule has 3 heteroatoms. The number of aromatic nitrogens is 2. The monoisotopic (exact) mass is 201 g/mol.